The summed E-state index contributed by atoms with van der Waals surface area (Å²) in [4.78, 5) is 75.4. The molecule has 46 heavy (non-hydrogen) atoms. The van der Waals surface area contributed by atoms with E-state index in [1.54, 1.807) is 76.2 Å². The summed E-state index contributed by atoms with van der Waals surface area (Å²) in [6, 6.07) is 13.3. The third-order valence-corrected chi connectivity index (χ3v) is 9.15. The van der Waals surface area contributed by atoms with E-state index in [0.29, 0.717) is 0 Å². The maximum atomic E-state index is 13.2. The third kappa shape index (κ3) is 13.5. The number of carboxylic acid groups (broad SMARTS) is 2. The van der Waals surface area contributed by atoms with Crippen molar-refractivity contribution >= 4 is 57.2 Å². The number of amides is 4. The fourth-order valence-electron chi connectivity index (χ4n) is 4.19. The van der Waals surface area contributed by atoms with Crippen LogP contribution in [-0.2, 0) is 41.6 Å². The summed E-state index contributed by atoms with van der Waals surface area (Å²) >= 11 is 0. The summed E-state index contributed by atoms with van der Waals surface area (Å²) in [6.45, 7) is 6.60. The van der Waals surface area contributed by atoms with Crippen LogP contribution in [0.3, 0.4) is 0 Å². The molecule has 2 aromatic carbocycles. The fourth-order valence-corrected chi connectivity index (χ4v) is 6.51. The van der Waals surface area contributed by atoms with Crippen LogP contribution in [0.25, 0.3) is 0 Å². The SMILES string of the molecule is CC(C)[C@@H](NC(=O)[C@H](CSSC[C@H](NC(=O)Cc1ccccc1)C(=O)N[C@@H](C(=O)O)C(C)C)NC(=O)Cc1ccccc1)C(=O)O. The van der Waals surface area contributed by atoms with Crippen molar-refractivity contribution in [3.8, 4) is 0 Å². The number of rotatable bonds is 19. The molecule has 0 bridgehead atoms. The monoisotopic (exact) mass is 674 g/mol. The number of nitrogens with one attached hydrogen (secondary N) is 4. The molecule has 0 aromatic heterocycles. The van der Waals surface area contributed by atoms with Crippen molar-refractivity contribution in [2.75, 3.05) is 11.5 Å². The van der Waals surface area contributed by atoms with E-state index in [-0.39, 0.29) is 24.3 Å². The molecule has 0 saturated heterocycles. The van der Waals surface area contributed by atoms with E-state index in [4.69, 9.17) is 0 Å². The second kappa shape index (κ2) is 19.5. The van der Waals surface area contributed by atoms with E-state index in [1.807, 2.05) is 12.1 Å². The Balaban J connectivity index is 2.14. The van der Waals surface area contributed by atoms with E-state index in [1.165, 1.54) is 0 Å². The highest BCUT2D eigenvalue weighted by Crippen LogP contribution is 2.24. The Morgan fingerprint density at radius 2 is 0.891 bits per heavy atom. The first-order chi connectivity index (χ1) is 21.8. The molecule has 0 radical (unpaired) electrons. The molecule has 250 valence electrons. The van der Waals surface area contributed by atoms with Crippen LogP contribution >= 0.6 is 21.6 Å². The van der Waals surface area contributed by atoms with Gasteiger partial charge in [-0.05, 0) is 23.0 Å². The molecule has 2 aromatic rings. The van der Waals surface area contributed by atoms with Gasteiger partial charge in [0.15, 0.2) is 0 Å². The van der Waals surface area contributed by atoms with Crippen LogP contribution in [0.15, 0.2) is 60.7 Å². The quantitative estimate of drug-likeness (QED) is 0.0952. The maximum Gasteiger partial charge on any atom is 0.326 e. The van der Waals surface area contributed by atoms with Crippen LogP contribution in [0.4, 0.5) is 0 Å². The zero-order chi connectivity index (χ0) is 34.2. The molecular weight excluding hydrogens is 633 g/mol. The number of benzene rings is 2. The lowest BCUT2D eigenvalue weighted by Crippen LogP contribution is -2.54. The lowest BCUT2D eigenvalue weighted by atomic mass is 10.0. The highest BCUT2D eigenvalue weighted by molar-refractivity contribution is 8.76. The Bertz CT molecular complexity index is 1230. The number of hydrogen-bond donors (Lipinski definition) is 6. The lowest BCUT2D eigenvalue weighted by molar-refractivity contribution is -0.143. The Morgan fingerprint density at radius 3 is 1.17 bits per heavy atom. The van der Waals surface area contributed by atoms with Gasteiger partial charge in [-0.15, -0.1) is 0 Å². The second-order valence-electron chi connectivity index (χ2n) is 11.3. The van der Waals surface area contributed by atoms with Crippen molar-refractivity contribution in [2.45, 2.75) is 64.7 Å². The molecule has 4 atom stereocenters. The van der Waals surface area contributed by atoms with E-state index in [0.717, 1.165) is 32.7 Å². The molecule has 0 heterocycles. The van der Waals surface area contributed by atoms with Crippen molar-refractivity contribution in [3.05, 3.63) is 71.8 Å². The van der Waals surface area contributed by atoms with Gasteiger partial charge in [0.25, 0.3) is 0 Å². The summed E-state index contributed by atoms with van der Waals surface area (Å²) < 4.78 is 0. The van der Waals surface area contributed by atoms with Crippen LogP contribution in [-0.4, -0.2) is 81.5 Å². The zero-order valence-electron chi connectivity index (χ0n) is 26.2. The Hall–Kier alpha value is -4.04. The van der Waals surface area contributed by atoms with Gasteiger partial charge in [-0.25, -0.2) is 9.59 Å². The smallest absolute Gasteiger partial charge is 0.326 e. The zero-order valence-corrected chi connectivity index (χ0v) is 27.9. The molecule has 12 nitrogen and oxygen atoms in total. The Morgan fingerprint density at radius 1 is 0.565 bits per heavy atom. The van der Waals surface area contributed by atoms with Gasteiger partial charge in [0.05, 0.1) is 12.8 Å². The van der Waals surface area contributed by atoms with E-state index in [9.17, 15) is 39.0 Å². The van der Waals surface area contributed by atoms with Crippen LogP contribution in [0.2, 0.25) is 0 Å². The largest absolute Gasteiger partial charge is 0.480 e. The molecule has 6 N–H and O–H groups in total. The van der Waals surface area contributed by atoms with Gasteiger partial charge in [-0.2, -0.15) is 0 Å². The summed E-state index contributed by atoms with van der Waals surface area (Å²) in [7, 11) is 2.27. The van der Waals surface area contributed by atoms with Crippen molar-refractivity contribution in [3.63, 3.8) is 0 Å². The molecule has 0 aliphatic carbocycles. The Labute approximate surface area is 276 Å². The van der Waals surface area contributed by atoms with E-state index in [2.05, 4.69) is 21.3 Å². The van der Waals surface area contributed by atoms with Gasteiger partial charge in [0.1, 0.15) is 24.2 Å². The second-order valence-corrected chi connectivity index (χ2v) is 13.8. The van der Waals surface area contributed by atoms with Gasteiger partial charge in [0.2, 0.25) is 23.6 Å². The molecular formula is C32H42N4O8S2. The first-order valence-corrected chi connectivity index (χ1v) is 17.2. The number of carbonyl (C=O) groups excluding carboxylic acids is 4. The molecule has 0 spiro atoms. The van der Waals surface area contributed by atoms with Crippen molar-refractivity contribution in [1.82, 2.24) is 21.3 Å². The minimum absolute atomic E-state index is 0.00521. The van der Waals surface area contributed by atoms with Gasteiger partial charge in [-0.1, -0.05) is 110 Å². The summed E-state index contributed by atoms with van der Waals surface area (Å²) in [5, 5.41) is 29.4. The van der Waals surface area contributed by atoms with Crippen molar-refractivity contribution < 1.29 is 39.0 Å². The normalized spacial score (nSPS) is 13.6. The molecule has 0 aliphatic rings. The van der Waals surface area contributed by atoms with Gasteiger partial charge >= 0.3 is 11.9 Å². The standard InChI is InChI=1S/C32H42N4O8S2/c1-19(2)27(31(41)42)35-29(39)23(33-25(37)15-21-11-7-5-8-12-21)17-45-46-18-24(30(40)36-28(20(3)4)32(43)44)34-26(38)16-22-13-9-6-10-14-22/h5-14,19-20,23-24,27-28H,15-18H2,1-4H3,(H,33,37)(H,34,38)(H,35,39)(H,36,40)(H,41,42)(H,43,44)/t23-,24-,27+,28+/m0/s1. The first-order valence-electron chi connectivity index (χ1n) is 14.8. The van der Waals surface area contributed by atoms with Crippen LogP contribution in [0.5, 0.6) is 0 Å². The summed E-state index contributed by atoms with van der Waals surface area (Å²) in [5.41, 5.74) is 1.46. The van der Waals surface area contributed by atoms with Crippen LogP contribution in [0, 0.1) is 11.8 Å². The summed E-state index contributed by atoms with van der Waals surface area (Å²) in [5.74, 6) is -5.45. The average Bonchev–Trinajstić information content (AvgIpc) is 2.99. The average molecular weight is 675 g/mol. The topological polar surface area (TPSA) is 191 Å². The molecule has 14 heteroatoms. The minimum atomic E-state index is -1.21. The van der Waals surface area contributed by atoms with E-state index < -0.39 is 71.6 Å². The third-order valence-electron chi connectivity index (χ3n) is 6.73. The number of aliphatic carboxylic acids is 2. The number of hydrogen-bond acceptors (Lipinski definition) is 8. The highest BCUT2D eigenvalue weighted by atomic mass is 33.1. The number of carbonyl (C=O) groups is 6. The number of carboxylic acids is 2. The predicted octanol–water partition coefficient (Wildman–Crippen LogP) is 2.27. The molecule has 0 aliphatic heterocycles. The van der Waals surface area contributed by atoms with Crippen LogP contribution < -0.4 is 21.3 Å². The maximum absolute atomic E-state index is 13.2. The van der Waals surface area contributed by atoms with Gasteiger partial charge in [-0.3, -0.25) is 19.2 Å². The van der Waals surface area contributed by atoms with Crippen molar-refractivity contribution in [1.29, 1.82) is 0 Å². The highest BCUT2D eigenvalue weighted by Gasteiger charge is 2.31. The minimum Gasteiger partial charge on any atom is -0.480 e. The van der Waals surface area contributed by atoms with Crippen LogP contribution in [0.1, 0.15) is 38.8 Å². The molecule has 2 rings (SSSR count). The first kappa shape index (κ1) is 38.1. The van der Waals surface area contributed by atoms with Gasteiger partial charge < -0.3 is 31.5 Å². The Kier molecular flexibility index (Phi) is 16.1. The fraction of sp³-hybridized carbons (Fsp3) is 0.438. The lowest BCUT2D eigenvalue weighted by Gasteiger charge is -2.24. The summed E-state index contributed by atoms with van der Waals surface area (Å²) in [6.07, 6.45) is 0.0104. The molecule has 4 amide bonds. The molecule has 0 fully saturated rings. The molecule has 0 saturated carbocycles. The molecule has 0 unspecified atom stereocenters. The van der Waals surface area contributed by atoms with Gasteiger partial charge in [0, 0.05) is 11.5 Å². The predicted molar refractivity (Wildman–Crippen MR) is 178 cm³/mol. The van der Waals surface area contributed by atoms with E-state index >= 15 is 0 Å². The van der Waals surface area contributed by atoms with Crippen molar-refractivity contribution in [2.24, 2.45) is 11.8 Å².